The standard InChI is InChI=1S/C25H31ClO5/c1-5-29-21-9-6-18(7-10-21)12-20-13-19(8-11-22(20)26)25-24(30-17(4)28)16(3)15(2)23(14-27)31-25/h6-11,13,15-16,23-25,27H,5,12,14H2,1-4H3. The van der Waals surface area contributed by atoms with Gasteiger partial charge in [0.25, 0.3) is 0 Å². The Morgan fingerprint density at radius 2 is 1.84 bits per heavy atom. The Morgan fingerprint density at radius 3 is 2.45 bits per heavy atom. The minimum Gasteiger partial charge on any atom is -0.494 e. The zero-order valence-corrected chi connectivity index (χ0v) is 19.3. The fourth-order valence-corrected chi connectivity index (χ4v) is 4.32. The minimum absolute atomic E-state index is 0.0324. The zero-order valence-electron chi connectivity index (χ0n) is 18.5. The molecule has 168 valence electrons. The van der Waals surface area contributed by atoms with E-state index < -0.39 is 12.2 Å². The summed E-state index contributed by atoms with van der Waals surface area (Å²) >= 11 is 6.50. The van der Waals surface area contributed by atoms with E-state index in [-0.39, 0.29) is 30.5 Å². The van der Waals surface area contributed by atoms with Gasteiger partial charge in [0.05, 0.1) is 19.3 Å². The molecule has 1 N–H and O–H groups in total. The second kappa shape index (κ2) is 10.5. The van der Waals surface area contributed by atoms with Gasteiger partial charge in [0.2, 0.25) is 0 Å². The molecule has 0 aliphatic carbocycles. The number of carbonyl (C=O) groups is 1. The number of rotatable bonds is 7. The van der Waals surface area contributed by atoms with Crippen molar-refractivity contribution in [3.63, 3.8) is 0 Å². The van der Waals surface area contributed by atoms with Crippen LogP contribution in [-0.2, 0) is 20.7 Å². The maximum absolute atomic E-state index is 11.8. The van der Waals surface area contributed by atoms with Crippen molar-refractivity contribution in [1.82, 2.24) is 0 Å². The summed E-state index contributed by atoms with van der Waals surface area (Å²) in [5.41, 5.74) is 2.95. The highest BCUT2D eigenvalue weighted by atomic mass is 35.5. The van der Waals surface area contributed by atoms with Gasteiger partial charge in [0.15, 0.2) is 0 Å². The Hall–Kier alpha value is -2.08. The number of benzene rings is 2. The maximum atomic E-state index is 11.8. The van der Waals surface area contributed by atoms with Crippen molar-refractivity contribution >= 4 is 17.6 Å². The molecule has 0 radical (unpaired) electrons. The van der Waals surface area contributed by atoms with Gasteiger partial charge in [0, 0.05) is 17.9 Å². The van der Waals surface area contributed by atoms with Crippen molar-refractivity contribution in [2.45, 2.75) is 52.4 Å². The molecule has 6 heteroatoms. The average molecular weight is 447 g/mol. The van der Waals surface area contributed by atoms with Crippen LogP contribution in [0.15, 0.2) is 42.5 Å². The first-order valence-electron chi connectivity index (χ1n) is 10.8. The van der Waals surface area contributed by atoms with E-state index in [2.05, 4.69) is 0 Å². The highest BCUT2D eigenvalue weighted by molar-refractivity contribution is 6.31. The van der Waals surface area contributed by atoms with E-state index in [0.29, 0.717) is 18.1 Å². The Morgan fingerprint density at radius 1 is 1.13 bits per heavy atom. The summed E-state index contributed by atoms with van der Waals surface area (Å²) in [5.74, 6) is 0.582. The molecule has 1 fully saturated rings. The molecule has 2 aromatic carbocycles. The lowest BCUT2D eigenvalue weighted by atomic mass is 9.79. The van der Waals surface area contributed by atoms with E-state index in [1.54, 1.807) is 0 Å². The predicted molar refractivity (Wildman–Crippen MR) is 120 cm³/mol. The smallest absolute Gasteiger partial charge is 0.303 e. The van der Waals surface area contributed by atoms with Gasteiger partial charge in [0.1, 0.15) is 18.0 Å². The summed E-state index contributed by atoms with van der Waals surface area (Å²) < 4.78 is 17.4. The van der Waals surface area contributed by atoms with Crippen LogP contribution in [0.25, 0.3) is 0 Å². The van der Waals surface area contributed by atoms with E-state index in [0.717, 1.165) is 22.4 Å². The molecule has 0 spiro atoms. The van der Waals surface area contributed by atoms with Crippen LogP contribution in [0.5, 0.6) is 5.75 Å². The van der Waals surface area contributed by atoms with Crippen molar-refractivity contribution < 1.29 is 24.1 Å². The van der Waals surface area contributed by atoms with Gasteiger partial charge < -0.3 is 19.3 Å². The molecule has 0 amide bonds. The molecular weight excluding hydrogens is 416 g/mol. The number of aliphatic hydroxyl groups is 1. The van der Waals surface area contributed by atoms with E-state index >= 15 is 0 Å². The van der Waals surface area contributed by atoms with Gasteiger partial charge in [-0.1, -0.05) is 49.7 Å². The van der Waals surface area contributed by atoms with Crippen molar-refractivity contribution in [2.75, 3.05) is 13.2 Å². The fraction of sp³-hybridized carbons (Fsp3) is 0.480. The van der Waals surface area contributed by atoms with Gasteiger partial charge in [-0.3, -0.25) is 4.79 Å². The molecule has 1 heterocycles. The van der Waals surface area contributed by atoms with Crippen molar-refractivity contribution in [3.8, 4) is 5.75 Å². The van der Waals surface area contributed by atoms with E-state index in [9.17, 15) is 9.90 Å². The second-order valence-corrected chi connectivity index (χ2v) is 8.58. The van der Waals surface area contributed by atoms with Crippen LogP contribution in [0.4, 0.5) is 0 Å². The topological polar surface area (TPSA) is 65.0 Å². The molecule has 0 aromatic heterocycles. The van der Waals surface area contributed by atoms with Crippen LogP contribution in [0.2, 0.25) is 5.02 Å². The van der Waals surface area contributed by atoms with Crippen molar-refractivity contribution in [2.24, 2.45) is 11.8 Å². The number of halogens is 1. The molecule has 0 bridgehead atoms. The summed E-state index contributed by atoms with van der Waals surface area (Å²) in [6, 6.07) is 13.7. The monoisotopic (exact) mass is 446 g/mol. The molecule has 1 aliphatic heterocycles. The van der Waals surface area contributed by atoms with Gasteiger partial charge in [-0.25, -0.2) is 0 Å². The second-order valence-electron chi connectivity index (χ2n) is 8.17. The highest BCUT2D eigenvalue weighted by Crippen LogP contribution is 2.41. The van der Waals surface area contributed by atoms with Gasteiger partial charge in [-0.15, -0.1) is 0 Å². The normalized spacial score (nSPS) is 25.8. The lowest BCUT2D eigenvalue weighted by Gasteiger charge is -2.44. The average Bonchev–Trinajstić information content (AvgIpc) is 2.75. The van der Waals surface area contributed by atoms with Crippen LogP contribution in [0, 0.1) is 11.8 Å². The van der Waals surface area contributed by atoms with Crippen molar-refractivity contribution in [3.05, 3.63) is 64.2 Å². The van der Waals surface area contributed by atoms with Crippen LogP contribution < -0.4 is 4.74 Å². The largest absolute Gasteiger partial charge is 0.494 e. The molecule has 3 rings (SSSR count). The van der Waals surface area contributed by atoms with Gasteiger partial charge >= 0.3 is 5.97 Å². The summed E-state index contributed by atoms with van der Waals surface area (Å²) in [4.78, 5) is 11.8. The highest BCUT2D eigenvalue weighted by Gasteiger charge is 2.43. The van der Waals surface area contributed by atoms with Crippen molar-refractivity contribution in [1.29, 1.82) is 0 Å². The number of hydrogen-bond acceptors (Lipinski definition) is 5. The summed E-state index contributed by atoms with van der Waals surface area (Å²) in [6.45, 7) is 7.96. The zero-order chi connectivity index (χ0) is 22.5. The molecule has 5 unspecified atom stereocenters. The fourth-order valence-electron chi connectivity index (χ4n) is 4.14. The van der Waals surface area contributed by atoms with Crippen LogP contribution in [0.1, 0.15) is 50.5 Å². The van der Waals surface area contributed by atoms with Gasteiger partial charge in [-0.2, -0.15) is 0 Å². The Kier molecular flexibility index (Phi) is 7.98. The van der Waals surface area contributed by atoms with E-state index in [4.69, 9.17) is 25.8 Å². The van der Waals surface area contributed by atoms with Crippen LogP contribution in [0.3, 0.4) is 0 Å². The van der Waals surface area contributed by atoms with Crippen LogP contribution in [-0.4, -0.2) is 36.5 Å². The molecule has 1 saturated heterocycles. The number of esters is 1. The Labute approximate surface area is 189 Å². The lowest BCUT2D eigenvalue weighted by molar-refractivity contribution is -0.202. The maximum Gasteiger partial charge on any atom is 0.303 e. The molecular formula is C25H31ClO5. The van der Waals surface area contributed by atoms with E-state index in [1.165, 1.54) is 6.92 Å². The van der Waals surface area contributed by atoms with Gasteiger partial charge in [-0.05, 0) is 54.2 Å². The predicted octanol–water partition coefficient (Wildman–Crippen LogP) is 4.97. The molecule has 5 nitrogen and oxygen atoms in total. The Bertz CT molecular complexity index is 882. The third-order valence-corrected chi connectivity index (χ3v) is 6.43. The summed E-state index contributed by atoms with van der Waals surface area (Å²) in [5, 5.41) is 10.5. The first-order valence-corrected chi connectivity index (χ1v) is 11.1. The number of carbonyl (C=O) groups excluding carboxylic acids is 1. The molecule has 1 aliphatic rings. The first-order chi connectivity index (χ1) is 14.8. The molecule has 2 aromatic rings. The summed E-state index contributed by atoms with van der Waals surface area (Å²) in [6.07, 6.45) is -0.574. The molecule has 0 saturated carbocycles. The Balaban J connectivity index is 1.89. The summed E-state index contributed by atoms with van der Waals surface area (Å²) in [7, 11) is 0. The third-order valence-electron chi connectivity index (χ3n) is 6.06. The lowest BCUT2D eigenvalue weighted by Crippen LogP contribution is -2.48. The quantitative estimate of drug-likeness (QED) is 0.608. The SMILES string of the molecule is CCOc1ccc(Cc2cc(C3OC(CO)C(C)C(C)C3OC(C)=O)ccc2Cl)cc1. The van der Waals surface area contributed by atoms with Crippen LogP contribution >= 0.6 is 11.6 Å². The third kappa shape index (κ3) is 5.59. The molecule has 5 atom stereocenters. The molecule has 31 heavy (non-hydrogen) atoms. The number of aliphatic hydroxyl groups excluding tert-OH is 1. The number of hydrogen-bond donors (Lipinski definition) is 1. The first kappa shape index (κ1) is 23.6. The number of ether oxygens (including phenoxy) is 3. The van der Waals surface area contributed by atoms with E-state index in [1.807, 2.05) is 63.2 Å². The minimum atomic E-state index is -0.469.